The van der Waals surface area contributed by atoms with E-state index in [1.165, 1.54) is 12.1 Å². The van der Waals surface area contributed by atoms with Crippen LogP contribution in [0.1, 0.15) is 36.5 Å². The molecule has 0 bridgehead atoms. The van der Waals surface area contributed by atoms with E-state index in [9.17, 15) is 30.8 Å². The number of sulfonamides is 1. The first-order valence-electron chi connectivity index (χ1n) is 13.9. The Bertz CT molecular complexity index is 1740. The summed E-state index contributed by atoms with van der Waals surface area (Å²) in [4.78, 5) is 22.2. The smallest absolute Gasteiger partial charge is 0.366 e. The minimum absolute atomic E-state index is 0.0542. The molecule has 1 aliphatic rings. The van der Waals surface area contributed by atoms with Crippen LogP contribution in [0.15, 0.2) is 90.1 Å². The van der Waals surface area contributed by atoms with Gasteiger partial charge in [-0.3, -0.25) is 4.98 Å². The lowest BCUT2D eigenvalue weighted by atomic mass is 10.1. The van der Waals surface area contributed by atoms with Crippen molar-refractivity contribution in [2.24, 2.45) is 0 Å². The van der Waals surface area contributed by atoms with Gasteiger partial charge in [-0.1, -0.05) is 12.1 Å². The predicted octanol–water partition coefficient (Wildman–Crippen LogP) is 6.51. The van der Waals surface area contributed by atoms with Gasteiger partial charge in [0.25, 0.3) is 0 Å². The van der Waals surface area contributed by atoms with Crippen molar-refractivity contribution in [3.63, 3.8) is 0 Å². The summed E-state index contributed by atoms with van der Waals surface area (Å²) in [5.74, 6) is -0.190. The molecule has 0 radical (unpaired) electrons. The number of carbonyl (C=O) groups is 1. The van der Waals surface area contributed by atoms with Crippen LogP contribution in [0.2, 0.25) is 0 Å². The standard InChI is InChI=1S/C31H29F4N5O3S/c1-21-3-2-16-40(21,44(42,43)27-10-8-26(32)9-11-27)30(41)38-20-23-17-28(24-4-6-25(7-5-24)31(33,34)35)39-29(18-23)37-19-22-12-14-36-15-13-22/h4-15,17-18,21H,2-3,16,19-20H2,1H3,(H-,37,38,39,41)/p+1/t21-,40?/m1/s1. The van der Waals surface area contributed by atoms with Crippen molar-refractivity contribution >= 4 is 21.9 Å². The fourth-order valence-electron chi connectivity index (χ4n) is 5.38. The van der Waals surface area contributed by atoms with Gasteiger partial charge >= 0.3 is 22.2 Å². The first-order chi connectivity index (χ1) is 20.9. The molecule has 1 aliphatic heterocycles. The van der Waals surface area contributed by atoms with Crippen molar-refractivity contribution in [3.05, 3.63) is 108 Å². The molecule has 13 heteroatoms. The number of nitrogens with zero attached hydrogens (tertiary/aromatic N) is 3. The number of rotatable bonds is 8. The van der Waals surface area contributed by atoms with Gasteiger partial charge in [-0.2, -0.15) is 21.6 Å². The fraction of sp³-hybridized carbons (Fsp3) is 0.258. The molecule has 2 atom stereocenters. The Morgan fingerprint density at radius 2 is 1.64 bits per heavy atom. The quantitative estimate of drug-likeness (QED) is 0.171. The largest absolute Gasteiger partial charge is 0.432 e. The molecule has 2 aromatic heterocycles. The number of hydrogen-bond donors (Lipinski definition) is 2. The minimum Gasteiger partial charge on any atom is -0.366 e. The average Bonchev–Trinajstić information content (AvgIpc) is 3.42. The summed E-state index contributed by atoms with van der Waals surface area (Å²) < 4.78 is 79.8. The highest BCUT2D eigenvalue weighted by Gasteiger charge is 2.56. The Kier molecular flexibility index (Phi) is 8.71. The number of anilines is 1. The third-order valence-electron chi connectivity index (χ3n) is 7.77. The van der Waals surface area contributed by atoms with Crippen molar-refractivity contribution in [2.45, 2.75) is 50.0 Å². The van der Waals surface area contributed by atoms with E-state index in [0.29, 0.717) is 42.0 Å². The summed E-state index contributed by atoms with van der Waals surface area (Å²) in [5.41, 5.74) is 1.45. The van der Waals surface area contributed by atoms with Crippen molar-refractivity contribution in [3.8, 4) is 11.3 Å². The molecule has 1 unspecified atom stereocenters. The Balaban J connectivity index is 1.44. The van der Waals surface area contributed by atoms with Crippen molar-refractivity contribution in [1.29, 1.82) is 0 Å². The lowest BCUT2D eigenvalue weighted by molar-refractivity contribution is -0.733. The maximum Gasteiger partial charge on any atom is 0.432 e. The number of aromatic nitrogens is 2. The Labute approximate surface area is 252 Å². The summed E-state index contributed by atoms with van der Waals surface area (Å²) >= 11 is 0. The van der Waals surface area contributed by atoms with Crippen molar-refractivity contribution < 1.29 is 34.7 Å². The summed E-state index contributed by atoms with van der Waals surface area (Å²) in [5, 5.41) is 5.97. The molecule has 0 aliphatic carbocycles. The fourth-order valence-corrected chi connectivity index (χ4v) is 7.46. The summed E-state index contributed by atoms with van der Waals surface area (Å²) in [6.45, 7) is 2.05. The predicted molar refractivity (Wildman–Crippen MR) is 156 cm³/mol. The van der Waals surface area contributed by atoms with Crippen LogP contribution in [0.3, 0.4) is 0 Å². The van der Waals surface area contributed by atoms with E-state index < -0.39 is 43.5 Å². The number of amides is 2. The van der Waals surface area contributed by atoms with Gasteiger partial charge in [-0.15, -0.1) is 3.89 Å². The lowest BCUT2D eigenvalue weighted by Gasteiger charge is -2.33. The molecule has 3 heterocycles. The van der Waals surface area contributed by atoms with Gasteiger partial charge in [0.15, 0.2) is 0 Å². The van der Waals surface area contributed by atoms with E-state index in [1.807, 2.05) is 12.1 Å². The monoisotopic (exact) mass is 628 g/mol. The third kappa shape index (κ3) is 6.29. The summed E-state index contributed by atoms with van der Waals surface area (Å²) in [6.07, 6.45) is -0.199. The number of pyridine rings is 2. The van der Waals surface area contributed by atoms with E-state index in [1.54, 1.807) is 31.5 Å². The maximum absolute atomic E-state index is 13.8. The number of benzene rings is 2. The second-order valence-corrected chi connectivity index (χ2v) is 12.7. The molecule has 2 amide bonds. The van der Waals surface area contributed by atoms with E-state index in [-0.39, 0.29) is 18.0 Å². The van der Waals surface area contributed by atoms with E-state index in [0.717, 1.165) is 42.0 Å². The van der Waals surface area contributed by atoms with Crippen LogP contribution >= 0.6 is 0 Å². The van der Waals surface area contributed by atoms with Crippen LogP contribution in [0.5, 0.6) is 0 Å². The zero-order chi connectivity index (χ0) is 31.5. The summed E-state index contributed by atoms with van der Waals surface area (Å²) in [7, 11) is -4.25. The zero-order valence-corrected chi connectivity index (χ0v) is 24.5. The van der Waals surface area contributed by atoms with Gasteiger partial charge in [-0.25, -0.2) is 14.2 Å². The molecular formula is C31H30F4N5O3S+. The highest BCUT2D eigenvalue weighted by atomic mass is 32.2. The van der Waals surface area contributed by atoms with Crippen LogP contribution < -0.4 is 10.6 Å². The minimum atomic E-state index is -4.49. The molecule has 44 heavy (non-hydrogen) atoms. The first-order valence-corrected chi connectivity index (χ1v) is 15.3. The SMILES string of the molecule is C[C@@H]1CCC[N+]1(C(=O)NCc1cc(NCc2ccncc2)nc(-c2ccc(C(F)(F)F)cc2)c1)S(=O)(=O)c1ccc(F)cc1. The number of alkyl halides is 3. The number of hydrogen-bond acceptors (Lipinski definition) is 6. The Morgan fingerprint density at radius 3 is 2.25 bits per heavy atom. The highest BCUT2D eigenvalue weighted by molar-refractivity contribution is 7.86. The molecule has 1 saturated heterocycles. The lowest BCUT2D eigenvalue weighted by Crippen LogP contribution is -2.62. The van der Waals surface area contributed by atoms with E-state index in [2.05, 4.69) is 20.6 Å². The number of likely N-dealkylation sites (tertiary alicyclic amines) is 1. The highest BCUT2D eigenvalue weighted by Crippen LogP contribution is 2.36. The van der Waals surface area contributed by atoms with Crippen LogP contribution in [-0.2, 0) is 29.3 Å². The molecule has 5 rings (SSSR count). The molecule has 230 valence electrons. The molecule has 2 N–H and O–H groups in total. The second-order valence-electron chi connectivity index (χ2n) is 10.6. The number of carbonyl (C=O) groups excluding carboxylic acids is 1. The van der Waals surface area contributed by atoms with E-state index >= 15 is 0 Å². The zero-order valence-electron chi connectivity index (χ0n) is 23.7. The molecule has 8 nitrogen and oxygen atoms in total. The molecular weight excluding hydrogens is 598 g/mol. The normalized spacial score (nSPS) is 18.6. The number of urea groups is 1. The number of nitrogens with one attached hydrogen (secondary N) is 2. The first kappa shape index (κ1) is 31.1. The maximum atomic E-state index is 13.8. The molecule has 4 aromatic rings. The van der Waals surface area contributed by atoms with Gasteiger partial charge < -0.3 is 10.6 Å². The molecule has 0 saturated carbocycles. The van der Waals surface area contributed by atoms with Crippen LogP contribution in [-0.4, -0.2) is 40.9 Å². The number of quaternary nitrogens is 1. The van der Waals surface area contributed by atoms with Crippen LogP contribution in [0.25, 0.3) is 11.3 Å². The second kappa shape index (κ2) is 12.3. The van der Waals surface area contributed by atoms with Crippen LogP contribution in [0, 0.1) is 5.82 Å². The Hall–Kier alpha value is -4.36. The van der Waals surface area contributed by atoms with Gasteiger partial charge in [0.2, 0.25) is 0 Å². The molecule has 2 aromatic carbocycles. The van der Waals surface area contributed by atoms with Crippen molar-refractivity contribution in [2.75, 3.05) is 11.9 Å². The van der Waals surface area contributed by atoms with Gasteiger partial charge in [-0.05, 0) is 78.7 Å². The van der Waals surface area contributed by atoms with E-state index in [4.69, 9.17) is 0 Å². The Morgan fingerprint density at radius 1 is 0.955 bits per heavy atom. The third-order valence-corrected chi connectivity index (χ3v) is 10.2. The molecule has 0 spiro atoms. The van der Waals surface area contributed by atoms with Crippen molar-refractivity contribution in [1.82, 2.24) is 15.3 Å². The topological polar surface area (TPSA) is 101 Å². The summed E-state index contributed by atoms with van der Waals surface area (Å²) in [6, 6.07) is 14.6. The van der Waals surface area contributed by atoms with Crippen LogP contribution in [0.4, 0.5) is 28.2 Å². The molecule has 1 fully saturated rings. The van der Waals surface area contributed by atoms with Gasteiger partial charge in [0.05, 0.1) is 11.3 Å². The average molecular weight is 629 g/mol. The van der Waals surface area contributed by atoms with Gasteiger partial charge in [0, 0.05) is 43.9 Å². The van der Waals surface area contributed by atoms with Gasteiger partial charge in [0.1, 0.15) is 29.1 Å². The number of halogens is 4.